The van der Waals surface area contributed by atoms with Gasteiger partial charge in [-0.3, -0.25) is 9.59 Å². The van der Waals surface area contributed by atoms with Crippen LogP contribution in [0.5, 0.6) is 11.5 Å². The summed E-state index contributed by atoms with van der Waals surface area (Å²) in [5, 5.41) is 8.89. The molecule has 9 heteroatoms. The van der Waals surface area contributed by atoms with Crippen LogP contribution in [0.25, 0.3) is 0 Å². The van der Waals surface area contributed by atoms with Crippen molar-refractivity contribution < 1.29 is 37.3 Å². The zero-order valence-electron chi connectivity index (χ0n) is 13.9. The van der Waals surface area contributed by atoms with Crippen molar-refractivity contribution in [3.63, 3.8) is 0 Å². The summed E-state index contributed by atoms with van der Waals surface area (Å²) in [6.45, 7) is 1.02. The summed E-state index contributed by atoms with van der Waals surface area (Å²) in [6, 6.07) is 5.32. The second kappa shape index (κ2) is 9.14. The number of ether oxygens (including phenoxy) is 2. The molecule has 6 nitrogen and oxygen atoms in total. The molecule has 1 N–H and O–H groups in total. The highest BCUT2D eigenvalue weighted by Gasteiger charge is 2.29. The molecule has 0 aliphatic rings. The van der Waals surface area contributed by atoms with E-state index in [4.69, 9.17) is 9.84 Å². The van der Waals surface area contributed by atoms with Gasteiger partial charge in [-0.15, -0.1) is 0 Å². The molecule has 140 valence electrons. The van der Waals surface area contributed by atoms with Crippen LogP contribution in [-0.4, -0.2) is 53.9 Å². The summed E-state index contributed by atoms with van der Waals surface area (Å²) in [6.07, 6.45) is -3.96. The fourth-order valence-corrected chi connectivity index (χ4v) is 1.93. The first kappa shape index (κ1) is 20.6. The number of aliphatic carboxylic acids is 1. The van der Waals surface area contributed by atoms with Crippen LogP contribution < -0.4 is 9.47 Å². The topological polar surface area (TPSA) is 76.1 Å². The predicted octanol–water partition coefficient (Wildman–Crippen LogP) is 2.72. The Hall–Kier alpha value is -2.45. The standard InChI is InChI=1S/C16H20F3NO5/c1-3-11(2)20(8-15(22)23)14(21)9-24-12-6-4-5-7-13(12)25-10-16(17,18)19/h4-7,11H,3,8-10H2,1-2H3,(H,22,23). The van der Waals surface area contributed by atoms with Gasteiger partial charge in [0.2, 0.25) is 0 Å². The number of halogens is 3. The summed E-state index contributed by atoms with van der Waals surface area (Å²) in [4.78, 5) is 24.2. The van der Waals surface area contributed by atoms with Crippen LogP contribution in [0.3, 0.4) is 0 Å². The fraction of sp³-hybridized carbons (Fsp3) is 0.500. The number of rotatable bonds is 9. The van der Waals surface area contributed by atoms with Gasteiger partial charge in [-0.1, -0.05) is 19.1 Å². The number of hydrogen-bond acceptors (Lipinski definition) is 4. The predicted molar refractivity (Wildman–Crippen MR) is 82.6 cm³/mol. The van der Waals surface area contributed by atoms with Crippen LogP contribution in [-0.2, 0) is 9.59 Å². The number of carbonyl (C=O) groups excluding carboxylic acids is 1. The van der Waals surface area contributed by atoms with Crippen LogP contribution in [0.1, 0.15) is 20.3 Å². The molecule has 1 aromatic rings. The molecule has 0 aliphatic carbocycles. The quantitative estimate of drug-likeness (QED) is 0.730. The Kier molecular flexibility index (Phi) is 7.53. The molecule has 1 amide bonds. The summed E-state index contributed by atoms with van der Waals surface area (Å²) < 4.78 is 46.7. The lowest BCUT2D eigenvalue weighted by Crippen LogP contribution is -2.44. The Morgan fingerprint density at radius 2 is 1.76 bits per heavy atom. The smallest absolute Gasteiger partial charge is 0.422 e. The Morgan fingerprint density at radius 1 is 1.20 bits per heavy atom. The third kappa shape index (κ3) is 7.32. The Labute approximate surface area is 143 Å². The van der Waals surface area contributed by atoms with Crippen molar-refractivity contribution in [3.8, 4) is 11.5 Å². The molecule has 0 fully saturated rings. The fourth-order valence-electron chi connectivity index (χ4n) is 1.93. The van der Waals surface area contributed by atoms with E-state index in [9.17, 15) is 22.8 Å². The van der Waals surface area contributed by atoms with Crippen molar-refractivity contribution in [2.45, 2.75) is 32.5 Å². The first-order chi connectivity index (χ1) is 11.6. The van der Waals surface area contributed by atoms with Gasteiger partial charge < -0.3 is 19.5 Å². The lowest BCUT2D eigenvalue weighted by atomic mass is 10.2. The maximum Gasteiger partial charge on any atom is 0.422 e. The molecule has 25 heavy (non-hydrogen) atoms. The van der Waals surface area contributed by atoms with Crippen molar-refractivity contribution in [3.05, 3.63) is 24.3 Å². The van der Waals surface area contributed by atoms with E-state index in [1.165, 1.54) is 24.3 Å². The first-order valence-electron chi connectivity index (χ1n) is 7.56. The summed E-state index contributed by atoms with van der Waals surface area (Å²) in [7, 11) is 0. The van der Waals surface area contributed by atoms with Crippen LogP contribution in [0.15, 0.2) is 24.3 Å². The highest BCUT2D eigenvalue weighted by atomic mass is 19.4. The highest BCUT2D eigenvalue weighted by Crippen LogP contribution is 2.28. The minimum Gasteiger partial charge on any atom is -0.480 e. The average molecular weight is 363 g/mol. The van der Waals surface area contributed by atoms with E-state index in [0.29, 0.717) is 6.42 Å². The van der Waals surface area contributed by atoms with E-state index in [1.807, 2.05) is 0 Å². The molecule has 0 bridgehead atoms. The Morgan fingerprint density at radius 3 is 2.24 bits per heavy atom. The lowest BCUT2D eigenvalue weighted by molar-refractivity contribution is -0.153. The number of carboxylic acid groups (broad SMARTS) is 1. The summed E-state index contributed by atoms with van der Waals surface area (Å²) >= 11 is 0. The second-order valence-electron chi connectivity index (χ2n) is 5.31. The maximum atomic E-state index is 12.3. The molecule has 1 aromatic carbocycles. The molecule has 1 atom stereocenters. The van der Waals surface area contributed by atoms with E-state index in [1.54, 1.807) is 13.8 Å². The van der Waals surface area contributed by atoms with Gasteiger partial charge in [0.1, 0.15) is 6.54 Å². The molecule has 0 saturated heterocycles. The third-order valence-corrected chi connectivity index (χ3v) is 3.34. The number of alkyl halides is 3. The van der Waals surface area contributed by atoms with E-state index in [2.05, 4.69) is 4.74 Å². The number of nitrogens with zero attached hydrogens (tertiary/aromatic N) is 1. The van der Waals surface area contributed by atoms with Gasteiger partial charge in [-0.25, -0.2) is 0 Å². The van der Waals surface area contributed by atoms with Gasteiger partial charge >= 0.3 is 12.1 Å². The van der Waals surface area contributed by atoms with Crippen LogP contribution >= 0.6 is 0 Å². The number of para-hydroxylation sites is 2. The monoisotopic (exact) mass is 363 g/mol. The average Bonchev–Trinajstić information content (AvgIpc) is 2.54. The van der Waals surface area contributed by atoms with Gasteiger partial charge in [-0.05, 0) is 25.5 Å². The van der Waals surface area contributed by atoms with Crippen LogP contribution in [0.4, 0.5) is 13.2 Å². The SMILES string of the molecule is CCC(C)N(CC(=O)O)C(=O)COc1ccccc1OCC(F)(F)F. The number of carboxylic acids is 1. The van der Waals surface area contributed by atoms with Crippen molar-refractivity contribution >= 4 is 11.9 Å². The van der Waals surface area contributed by atoms with E-state index in [0.717, 1.165) is 4.90 Å². The second-order valence-corrected chi connectivity index (χ2v) is 5.31. The number of benzene rings is 1. The third-order valence-electron chi connectivity index (χ3n) is 3.34. The van der Waals surface area contributed by atoms with E-state index >= 15 is 0 Å². The lowest BCUT2D eigenvalue weighted by Gasteiger charge is -2.27. The maximum absolute atomic E-state index is 12.3. The Balaban J connectivity index is 2.75. The molecule has 0 radical (unpaired) electrons. The summed E-state index contributed by atoms with van der Waals surface area (Å²) in [5.41, 5.74) is 0. The minimum absolute atomic E-state index is 0.0282. The minimum atomic E-state index is -4.50. The molecule has 0 saturated carbocycles. The van der Waals surface area contributed by atoms with Gasteiger partial charge in [0.25, 0.3) is 5.91 Å². The Bertz CT molecular complexity index is 591. The number of amides is 1. The highest BCUT2D eigenvalue weighted by molar-refractivity contribution is 5.82. The van der Waals surface area contributed by atoms with E-state index in [-0.39, 0.29) is 17.5 Å². The zero-order chi connectivity index (χ0) is 19.0. The van der Waals surface area contributed by atoms with E-state index < -0.39 is 37.8 Å². The molecular weight excluding hydrogens is 343 g/mol. The molecular formula is C16H20F3NO5. The van der Waals surface area contributed by atoms with Gasteiger partial charge in [0.05, 0.1) is 0 Å². The van der Waals surface area contributed by atoms with Gasteiger partial charge in [0.15, 0.2) is 24.7 Å². The molecule has 1 rings (SSSR count). The molecule has 0 aromatic heterocycles. The van der Waals surface area contributed by atoms with Gasteiger partial charge in [0, 0.05) is 6.04 Å². The zero-order valence-corrected chi connectivity index (χ0v) is 13.9. The summed E-state index contributed by atoms with van der Waals surface area (Å²) in [5.74, 6) is -1.93. The molecule has 0 aliphatic heterocycles. The first-order valence-corrected chi connectivity index (χ1v) is 7.56. The van der Waals surface area contributed by atoms with Crippen LogP contribution in [0.2, 0.25) is 0 Å². The molecule has 0 heterocycles. The van der Waals surface area contributed by atoms with Crippen molar-refractivity contribution in [1.29, 1.82) is 0 Å². The van der Waals surface area contributed by atoms with Gasteiger partial charge in [-0.2, -0.15) is 13.2 Å². The van der Waals surface area contributed by atoms with Crippen molar-refractivity contribution in [2.75, 3.05) is 19.8 Å². The van der Waals surface area contributed by atoms with Crippen molar-refractivity contribution in [2.24, 2.45) is 0 Å². The molecule has 1 unspecified atom stereocenters. The largest absolute Gasteiger partial charge is 0.480 e. The normalized spacial score (nSPS) is 12.4. The van der Waals surface area contributed by atoms with Crippen LogP contribution in [0, 0.1) is 0 Å². The van der Waals surface area contributed by atoms with Crippen molar-refractivity contribution in [1.82, 2.24) is 4.90 Å². The number of hydrogen-bond donors (Lipinski definition) is 1. The molecule has 0 spiro atoms. The number of carbonyl (C=O) groups is 2.